The molecule has 0 bridgehead atoms. The molecule has 0 radical (unpaired) electrons. The molecule has 1 atom stereocenters. The second kappa shape index (κ2) is 6.98. The van der Waals surface area contributed by atoms with E-state index in [-0.39, 0.29) is 17.0 Å². The summed E-state index contributed by atoms with van der Waals surface area (Å²) in [5, 5.41) is 0. The highest BCUT2D eigenvalue weighted by Gasteiger charge is 2.23. The standard InChI is InChI=1S/C17H26FNO/c1-13(17(2,3)4)19(5)12-6-7-16(20)14-8-10-15(18)11-9-14/h8-11,13H,6-7,12H2,1-5H3. The molecule has 0 saturated heterocycles. The van der Waals surface area contributed by atoms with Crippen LogP contribution < -0.4 is 0 Å². The van der Waals surface area contributed by atoms with Crippen molar-refractivity contribution >= 4 is 5.78 Å². The third-order valence-electron chi connectivity index (χ3n) is 4.00. The van der Waals surface area contributed by atoms with Gasteiger partial charge in [-0.15, -0.1) is 0 Å². The highest BCUT2D eigenvalue weighted by Crippen LogP contribution is 2.23. The van der Waals surface area contributed by atoms with E-state index in [0.29, 0.717) is 18.0 Å². The first-order valence-corrected chi connectivity index (χ1v) is 7.21. The van der Waals surface area contributed by atoms with Gasteiger partial charge in [0.05, 0.1) is 0 Å². The minimum atomic E-state index is -0.305. The third kappa shape index (κ3) is 5.04. The number of rotatable bonds is 6. The number of nitrogens with zero attached hydrogens (tertiary/aromatic N) is 1. The molecule has 1 aromatic rings. The summed E-state index contributed by atoms with van der Waals surface area (Å²) in [5.74, 6) is -0.220. The van der Waals surface area contributed by atoms with Crippen LogP contribution in [0.25, 0.3) is 0 Å². The molecule has 0 aliphatic heterocycles. The molecule has 20 heavy (non-hydrogen) atoms. The number of carbonyl (C=O) groups excluding carboxylic acids is 1. The van der Waals surface area contributed by atoms with Gasteiger partial charge in [-0.1, -0.05) is 20.8 Å². The number of halogens is 1. The molecule has 0 saturated carbocycles. The monoisotopic (exact) mass is 279 g/mol. The van der Waals surface area contributed by atoms with E-state index in [1.807, 2.05) is 0 Å². The molecule has 0 amide bonds. The van der Waals surface area contributed by atoms with Crippen molar-refractivity contribution in [1.29, 1.82) is 0 Å². The Balaban J connectivity index is 2.41. The predicted molar refractivity (Wildman–Crippen MR) is 81.5 cm³/mol. The van der Waals surface area contributed by atoms with Gasteiger partial charge in [0.15, 0.2) is 5.78 Å². The molecule has 2 nitrogen and oxygen atoms in total. The van der Waals surface area contributed by atoms with Gasteiger partial charge in [0, 0.05) is 18.0 Å². The van der Waals surface area contributed by atoms with Gasteiger partial charge in [-0.25, -0.2) is 4.39 Å². The van der Waals surface area contributed by atoms with Crippen LogP contribution in [-0.4, -0.2) is 30.3 Å². The Bertz CT molecular complexity index is 433. The number of hydrogen-bond acceptors (Lipinski definition) is 2. The summed E-state index contributed by atoms with van der Waals surface area (Å²) in [7, 11) is 2.10. The number of hydrogen-bond donors (Lipinski definition) is 0. The van der Waals surface area contributed by atoms with Gasteiger partial charge < -0.3 is 4.90 Å². The average Bonchev–Trinajstić information content (AvgIpc) is 2.37. The summed E-state index contributed by atoms with van der Waals surface area (Å²) in [6.45, 7) is 9.76. The molecule has 0 aliphatic rings. The van der Waals surface area contributed by atoms with Crippen molar-refractivity contribution in [3.63, 3.8) is 0 Å². The zero-order valence-corrected chi connectivity index (χ0v) is 13.2. The summed E-state index contributed by atoms with van der Waals surface area (Å²) in [6, 6.07) is 6.24. The summed E-state index contributed by atoms with van der Waals surface area (Å²) in [6.07, 6.45) is 1.33. The predicted octanol–water partition coefficient (Wildman–Crippen LogP) is 4.16. The Kier molecular flexibility index (Phi) is 5.88. The van der Waals surface area contributed by atoms with Crippen LogP contribution in [0.2, 0.25) is 0 Å². The van der Waals surface area contributed by atoms with E-state index < -0.39 is 0 Å². The molecule has 0 fully saturated rings. The lowest BCUT2D eigenvalue weighted by Gasteiger charge is -2.35. The Morgan fingerprint density at radius 3 is 2.30 bits per heavy atom. The number of benzene rings is 1. The van der Waals surface area contributed by atoms with Crippen LogP contribution in [0.1, 0.15) is 50.9 Å². The van der Waals surface area contributed by atoms with Gasteiger partial charge in [0.1, 0.15) is 5.82 Å². The highest BCUT2D eigenvalue weighted by atomic mass is 19.1. The number of ketones is 1. The maximum Gasteiger partial charge on any atom is 0.162 e. The molecule has 1 rings (SSSR count). The largest absolute Gasteiger partial charge is 0.303 e. The van der Waals surface area contributed by atoms with E-state index in [9.17, 15) is 9.18 Å². The van der Waals surface area contributed by atoms with Crippen LogP contribution in [0.15, 0.2) is 24.3 Å². The lowest BCUT2D eigenvalue weighted by Crippen LogP contribution is -2.39. The normalized spacial score (nSPS) is 13.6. The Hall–Kier alpha value is -1.22. The molecular formula is C17H26FNO. The van der Waals surface area contributed by atoms with Crippen molar-refractivity contribution < 1.29 is 9.18 Å². The SMILES string of the molecule is CC(N(C)CCCC(=O)c1ccc(F)cc1)C(C)(C)C. The van der Waals surface area contributed by atoms with Crippen molar-refractivity contribution in [1.82, 2.24) is 4.90 Å². The third-order valence-corrected chi connectivity index (χ3v) is 4.00. The fourth-order valence-corrected chi connectivity index (χ4v) is 2.12. The smallest absolute Gasteiger partial charge is 0.162 e. The molecule has 3 heteroatoms. The molecule has 0 aliphatic carbocycles. The second-order valence-corrected chi connectivity index (χ2v) is 6.56. The molecule has 0 N–H and O–H groups in total. The van der Waals surface area contributed by atoms with Gasteiger partial charge >= 0.3 is 0 Å². The van der Waals surface area contributed by atoms with E-state index in [2.05, 4.69) is 39.6 Å². The topological polar surface area (TPSA) is 20.3 Å². The first-order valence-electron chi connectivity index (χ1n) is 7.21. The fourth-order valence-electron chi connectivity index (χ4n) is 2.12. The average molecular weight is 279 g/mol. The number of Topliss-reactive ketones (excluding diaryl/α,β-unsaturated/α-hetero) is 1. The summed E-state index contributed by atoms with van der Waals surface area (Å²) in [5.41, 5.74) is 0.827. The van der Waals surface area contributed by atoms with Crippen molar-refractivity contribution in [3.8, 4) is 0 Å². The van der Waals surface area contributed by atoms with E-state index >= 15 is 0 Å². The fraction of sp³-hybridized carbons (Fsp3) is 0.588. The summed E-state index contributed by atoms with van der Waals surface area (Å²) >= 11 is 0. The summed E-state index contributed by atoms with van der Waals surface area (Å²) < 4.78 is 12.8. The zero-order chi connectivity index (χ0) is 15.3. The lowest BCUT2D eigenvalue weighted by atomic mass is 9.87. The van der Waals surface area contributed by atoms with E-state index in [0.717, 1.165) is 13.0 Å². The molecule has 1 unspecified atom stereocenters. The first kappa shape index (κ1) is 16.8. The van der Waals surface area contributed by atoms with Crippen LogP contribution in [0.4, 0.5) is 4.39 Å². The minimum Gasteiger partial charge on any atom is -0.303 e. The molecule has 0 heterocycles. The molecule has 1 aromatic carbocycles. The van der Waals surface area contributed by atoms with Crippen molar-refractivity contribution in [2.45, 2.75) is 46.6 Å². The molecule has 0 spiro atoms. The second-order valence-electron chi connectivity index (χ2n) is 6.56. The van der Waals surface area contributed by atoms with E-state index in [1.54, 1.807) is 12.1 Å². The van der Waals surface area contributed by atoms with Crippen molar-refractivity contribution in [2.75, 3.05) is 13.6 Å². The van der Waals surface area contributed by atoms with Gasteiger partial charge in [-0.2, -0.15) is 0 Å². The van der Waals surface area contributed by atoms with Crippen molar-refractivity contribution in [2.24, 2.45) is 5.41 Å². The van der Waals surface area contributed by atoms with Crippen LogP contribution >= 0.6 is 0 Å². The van der Waals surface area contributed by atoms with Gasteiger partial charge in [0.2, 0.25) is 0 Å². The van der Waals surface area contributed by atoms with Gasteiger partial charge in [-0.3, -0.25) is 4.79 Å². The molecule has 0 aromatic heterocycles. The number of carbonyl (C=O) groups is 1. The maximum absolute atomic E-state index is 12.8. The van der Waals surface area contributed by atoms with E-state index in [1.165, 1.54) is 12.1 Å². The van der Waals surface area contributed by atoms with Crippen LogP contribution in [0, 0.1) is 11.2 Å². The molecule has 112 valence electrons. The van der Waals surface area contributed by atoms with E-state index in [4.69, 9.17) is 0 Å². The Morgan fingerprint density at radius 2 is 1.80 bits per heavy atom. The van der Waals surface area contributed by atoms with Crippen LogP contribution in [0.5, 0.6) is 0 Å². The van der Waals surface area contributed by atoms with Crippen LogP contribution in [-0.2, 0) is 0 Å². The first-order chi connectivity index (χ1) is 9.21. The lowest BCUT2D eigenvalue weighted by molar-refractivity contribution is 0.0963. The van der Waals surface area contributed by atoms with Crippen molar-refractivity contribution in [3.05, 3.63) is 35.6 Å². The minimum absolute atomic E-state index is 0.0850. The molecular weight excluding hydrogens is 253 g/mol. The zero-order valence-electron chi connectivity index (χ0n) is 13.2. The van der Waals surface area contributed by atoms with Crippen LogP contribution in [0.3, 0.4) is 0 Å². The Morgan fingerprint density at radius 1 is 1.25 bits per heavy atom. The Labute approximate surface area is 122 Å². The van der Waals surface area contributed by atoms with Gasteiger partial charge in [0.25, 0.3) is 0 Å². The summed E-state index contributed by atoms with van der Waals surface area (Å²) in [4.78, 5) is 14.3. The quantitative estimate of drug-likeness (QED) is 0.729. The maximum atomic E-state index is 12.8. The van der Waals surface area contributed by atoms with Gasteiger partial charge in [-0.05, 0) is 56.6 Å². The highest BCUT2D eigenvalue weighted by molar-refractivity contribution is 5.95.